The van der Waals surface area contributed by atoms with Crippen LogP contribution in [0, 0.1) is 0 Å². The van der Waals surface area contributed by atoms with E-state index in [1.165, 1.54) is 5.56 Å². The van der Waals surface area contributed by atoms with Gasteiger partial charge in [-0.25, -0.2) is 4.79 Å². The molecule has 2 heterocycles. The molecule has 122 valence electrons. The number of nitrogens with zero attached hydrogens (tertiary/aromatic N) is 3. The molecular weight excluding hydrogens is 302 g/mol. The summed E-state index contributed by atoms with van der Waals surface area (Å²) in [6.07, 6.45) is 0.854. The van der Waals surface area contributed by atoms with Gasteiger partial charge in [0.25, 0.3) is 0 Å². The lowest BCUT2D eigenvalue weighted by Gasteiger charge is -2.23. The van der Waals surface area contributed by atoms with Crippen molar-refractivity contribution in [3.63, 3.8) is 0 Å². The summed E-state index contributed by atoms with van der Waals surface area (Å²) >= 11 is 0. The maximum Gasteiger partial charge on any atom is 0.329 e. The van der Waals surface area contributed by atoms with E-state index in [2.05, 4.69) is 6.07 Å². The Morgan fingerprint density at radius 3 is 2.54 bits per heavy atom. The van der Waals surface area contributed by atoms with Crippen LogP contribution in [0.3, 0.4) is 0 Å². The summed E-state index contributed by atoms with van der Waals surface area (Å²) in [5.74, 6) is -0.0501. The van der Waals surface area contributed by atoms with Gasteiger partial charge in [0.1, 0.15) is 6.54 Å². The Hall–Kier alpha value is -2.82. The van der Waals surface area contributed by atoms with Gasteiger partial charge < -0.3 is 4.90 Å². The summed E-state index contributed by atoms with van der Waals surface area (Å²) in [4.78, 5) is 27.3. The Kier molecular flexibility index (Phi) is 3.30. The fraction of sp³-hybridized carbons (Fsp3) is 0.263. The van der Waals surface area contributed by atoms with E-state index in [4.69, 9.17) is 0 Å². The Balaban J connectivity index is 1.74. The van der Waals surface area contributed by atoms with Crippen molar-refractivity contribution in [3.05, 3.63) is 64.6 Å². The first-order valence-electron chi connectivity index (χ1n) is 8.12. The van der Waals surface area contributed by atoms with E-state index < -0.39 is 0 Å². The third kappa shape index (κ3) is 2.08. The van der Waals surface area contributed by atoms with E-state index in [-0.39, 0.29) is 24.2 Å². The molecule has 0 radical (unpaired) electrons. The molecule has 2 aromatic carbocycles. The number of hydrogen-bond donors (Lipinski definition) is 0. The zero-order valence-electron chi connectivity index (χ0n) is 13.8. The van der Waals surface area contributed by atoms with Gasteiger partial charge in [0.2, 0.25) is 5.91 Å². The predicted molar refractivity (Wildman–Crippen MR) is 94.3 cm³/mol. The van der Waals surface area contributed by atoms with Gasteiger partial charge in [-0.1, -0.05) is 30.3 Å². The van der Waals surface area contributed by atoms with Crippen LogP contribution in [-0.2, 0) is 24.8 Å². The van der Waals surface area contributed by atoms with Crippen LogP contribution in [0.4, 0.5) is 5.69 Å². The van der Waals surface area contributed by atoms with Crippen LogP contribution < -0.4 is 10.6 Å². The van der Waals surface area contributed by atoms with Crippen LogP contribution in [-0.4, -0.2) is 21.1 Å². The van der Waals surface area contributed by atoms with E-state index in [0.29, 0.717) is 0 Å². The smallest absolute Gasteiger partial charge is 0.307 e. The number of anilines is 1. The number of carbonyl (C=O) groups excluding carboxylic acids is 1. The van der Waals surface area contributed by atoms with Gasteiger partial charge in [-0.15, -0.1) is 0 Å². The summed E-state index contributed by atoms with van der Waals surface area (Å²) in [5.41, 5.74) is 3.61. The molecule has 0 unspecified atom stereocenters. The standard InChI is InChI=1S/C19H19N3O2/c1-13-11-14-7-3-4-8-15(14)22(13)18(23)12-21-17-10-6-5-9-16(17)20(2)19(21)24/h3-10,13H,11-12H2,1-2H3/t13-/m0/s1. The first-order valence-corrected chi connectivity index (χ1v) is 8.12. The average molecular weight is 321 g/mol. The third-order valence-corrected chi connectivity index (χ3v) is 4.82. The second-order valence-corrected chi connectivity index (χ2v) is 6.36. The molecule has 0 bridgehead atoms. The quantitative estimate of drug-likeness (QED) is 0.727. The first-order chi connectivity index (χ1) is 11.6. The summed E-state index contributed by atoms with van der Waals surface area (Å²) in [6, 6.07) is 15.6. The van der Waals surface area contributed by atoms with E-state index in [1.807, 2.05) is 54.3 Å². The van der Waals surface area contributed by atoms with Crippen LogP contribution in [0.25, 0.3) is 11.0 Å². The zero-order valence-corrected chi connectivity index (χ0v) is 13.8. The Morgan fingerprint density at radius 1 is 1.08 bits per heavy atom. The SMILES string of the molecule is C[C@H]1Cc2ccccc2N1C(=O)Cn1c(=O)n(C)c2ccccc21. The molecule has 0 spiro atoms. The van der Waals surface area contributed by atoms with Crippen molar-refractivity contribution in [2.75, 3.05) is 4.90 Å². The van der Waals surface area contributed by atoms with Gasteiger partial charge in [0.15, 0.2) is 0 Å². The molecule has 0 N–H and O–H groups in total. The number of amides is 1. The highest BCUT2D eigenvalue weighted by Crippen LogP contribution is 2.32. The Labute approximate surface area is 139 Å². The first kappa shape index (κ1) is 14.8. The summed E-state index contributed by atoms with van der Waals surface area (Å²) in [5, 5.41) is 0. The molecule has 0 saturated heterocycles. The summed E-state index contributed by atoms with van der Waals surface area (Å²) in [7, 11) is 1.74. The van der Waals surface area contributed by atoms with Crippen molar-refractivity contribution >= 4 is 22.6 Å². The van der Waals surface area contributed by atoms with Crippen molar-refractivity contribution in [2.24, 2.45) is 7.05 Å². The molecule has 0 aliphatic carbocycles. The molecule has 3 aromatic rings. The Bertz CT molecular complexity index is 999. The van der Waals surface area contributed by atoms with Crippen molar-refractivity contribution in [1.29, 1.82) is 0 Å². The molecule has 0 fully saturated rings. The highest BCUT2D eigenvalue weighted by molar-refractivity contribution is 5.96. The average Bonchev–Trinajstić information content (AvgIpc) is 3.04. The molecule has 5 heteroatoms. The van der Waals surface area contributed by atoms with Crippen LogP contribution in [0.1, 0.15) is 12.5 Å². The third-order valence-electron chi connectivity index (χ3n) is 4.82. The van der Waals surface area contributed by atoms with Gasteiger partial charge in [-0.3, -0.25) is 13.9 Å². The maximum absolute atomic E-state index is 12.9. The van der Waals surface area contributed by atoms with Crippen molar-refractivity contribution in [3.8, 4) is 0 Å². The normalized spacial score (nSPS) is 16.6. The molecule has 1 aromatic heterocycles. The lowest BCUT2D eigenvalue weighted by atomic mass is 10.1. The fourth-order valence-corrected chi connectivity index (χ4v) is 3.67. The maximum atomic E-state index is 12.9. The number of hydrogen-bond acceptors (Lipinski definition) is 2. The number of para-hydroxylation sites is 3. The van der Waals surface area contributed by atoms with Crippen LogP contribution >= 0.6 is 0 Å². The summed E-state index contributed by atoms with van der Waals surface area (Å²) < 4.78 is 3.15. The fourth-order valence-electron chi connectivity index (χ4n) is 3.67. The highest BCUT2D eigenvalue weighted by atomic mass is 16.2. The topological polar surface area (TPSA) is 47.2 Å². The second kappa shape index (κ2) is 5.37. The van der Waals surface area contributed by atoms with Crippen molar-refractivity contribution in [1.82, 2.24) is 9.13 Å². The minimum absolute atomic E-state index is 0.0501. The minimum atomic E-state index is -0.162. The van der Waals surface area contributed by atoms with Crippen molar-refractivity contribution < 1.29 is 4.79 Å². The lowest BCUT2D eigenvalue weighted by Crippen LogP contribution is -2.40. The molecule has 4 rings (SSSR count). The molecule has 1 aliphatic rings. The zero-order chi connectivity index (χ0) is 16.8. The van der Waals surface area contributed by atoms with E-state index >= 15 is 0 Å². The number of carbonyl (C=O) groups is 1. The molecule has 0 saturated carbocycles. The summed E-state index contributed by atoms with van der Waals surface area (Å²) in [6.45, 7) is 2.10. The minimum Gasteiger partial charge on any atom is -0.307 e. The number of rotatable bonds is 2. The number of benzene rings is 2. The highest BCUT2D eigenvalue weighted by Gasteiger charge is 2.31. The van der Waals surface area contributed by atoms with Gasteiger partial charge in [0.05, 0.1) is 11.0 Å². The van der Waals surface area contributed by atoms with E-state index in [9.17, 15) is 9.59 Å². The Morgan fingerprint density at radius 2 is 1.75 bits per heavy atom. The monoisotopic (exact) mass is 321 g/mol. The van der Waals surface area contributed by atoms with Crippen LogP contribution in [0.2, 0.25) is 0 Å². The second-order valence-electron chi connectivity index (χ2n) is 6.36. The largest absolute Gasteiger partial charge is 0.329 e. The van der Waals surface area contributed by atoms with Gasteiger partial charge in [-0.05, 0) is 37.1 Å². The molecule has 1 atom stereocenters. The lowest BCUT2D eigenvalue weighted by molar-refractivity contribution is -0.119. The number of aromatic nitrogens is 2. The molecule has 24 heavy (non-hydrogen) atoms. The molecular formula is C19H19N3O2. The molecule has 5 nitrogen and oxygen atoms in total. The van der Waals surface area contributed by atoms with Crippen LogP contribution in [0.5, 0.6) is 0 Å². The van der Waals surface area contributed by atoms with Crippen molar-refractivity contribution in [2.45, 2.75) is 25.9 Å². The molecule has 1 amide bonds. The van der Waals surface area contributed by atoms with Gasteiger partial charge in [-0.2, -0.15) is 0 Å². The molecule has 1 aliphatic heterocycles. The van der Waals surface area contributed by atoms with Gasteiger partial charge in [0, 0.05) is 18.8 Å². The van der Waals surface area contributed by atoms with Gasteiger partial charge >= 0.3 is 5.69 Å². The van der Waals surface area contributed by atoms with E-state index in [1.54, 1.807) is 16.2 Å². The number of fused-ring (bicyclic) bond motifs is 2. The predicted octanol–water partition coefficient (Wildman–Crippen LogP) is 2.32. The number of aryl methyl sites for hydroxylation is 1. The van der Waals surface area contributed by atoms with Crippen LogP contribution in [0.15, 0.2) is 53.3 Å². The number of imidazole rings is 1. The van der Waals surface area contributed by atoms with E-state index in [0.717, 1.165) is 23.1 Å².